The molecule has 0 atom stereocenters. The van der Waals surface area contributed by atoms with Gasteiger partial charge in [0.15, 0.2) is 17.3 Å². The highest BCUT2D eigenvalue weighted by Crippen LogP contribution is 2.32. The Balaban J connectivity index is 2.25. The number of nitrogens with two attached hydrogens (primary N) is 1. The van der Waals surface area contributed by atoms with Gasteiger partial charge in [-0.15, -0.1) is 0 Å². The monoisotopic (exact) mass is 275 g/mol. The molecule has 0 aliphatic rings. The number of carbonyl (C=O) groups is 1. The van der Waals surface area contributed by atoms with Crippen LogP contribution >= 0.6 is 0 Å². The summed E-state index contributed by atoms with van der Waals surface area (Å²) in [6, 6.07) is 4.42. The van der Waals surface area contributed by atoms with E-state index in [4.69, 9.17) is 20.3 Å². The lowest BCUT2D eigenvalue weighted by Crippen LogP contribution is -2.06. The van der Waals surface area contributed by atoms with Crippen molar-refractivity contribution in [2.45, 2.75) is 6.61 Å². The summed E-state index contributed by atoms with van der Waals surface area (Å²) >= 11 is 0. The number of nitrogen functional groups attached to an aromatic ring is 1. The third-order valence-electron chi connectivity index (χ3n) is 2.54. The number of nitrogens with zero attached hydrogens (tertiary/aromatic N) is 2. The second-order valence-electron chi connectivity index (χ2n) is 3.85. The van der Waals surface area contributed by atoms with Gasteiger partial charge in [0.05, 0.1) is 18.4 Å². The molecule has 0 saturated carbocycles. The highest BCUT2D eigenvalue weighted by molar-refractivity contribution is 5.94. The van der Waals surface area contributed by atoms with Gasteiger partial charge < -0.3 is 20.3 Å². The van der Waals surface area contributed by atoms with E-state index in [9.17, 15) is 4.79 Å². The Morgan fingerprint density at radius 3 is 2.60 bits per heavy atom. The van der Waals surface area contributed by atoms with Gasteiger partial charge in [0.1, 0.15) is 6.61 Å². The summed E-state index contributed by atoms with van der Waals surface area (Å²) in [5.41, 5.74) is 5.70. The molecular formula is C13H13N3O4. The second-order valence-corrected chi connectivity index (χ2v) is 3.85. The highest BCUT2D eigenvalue weighted by Gasteiger charge is 2.15. The number of anilines is 1. The van der Waals surface area contributed by atoms with Crippen LogP contribution in [-0.2, 0) is 6.61 Å². The number of ether oxygens (including phenoxy) is 2. The first-order valence-corrected chi connectivity index (χ1v) is 5.71. The van der Waals surface area contributed by atoms with Gasteiger partial charge in [-0.3, -0.25) is 0 Å². The zero-order valence-electron chi connectivity index (χ0n) is 10.7. The maximum absolute atomic E-state index is 11.0. The van der Waals surface area contributed by atoms with E-state index in [0.29, 0.717) is 11.6 Å². The van der Waals surface area contributed by atoms with Crippen molar-refractivity contribution in [2.75, 3.05) is 12.8 Å². The maximum atomic E-state index is 11.0. The molecule has 0 radical (unpaired) electrons. The van der Waals surface area contributed by atoms with E-state index >= 15 is 0 Å². The number of hydrogen-bond donors (Lipinski definition) is 2. The number of aromatic carboxylic acids is 1. The fourth-order valence-electron chi connectivity index (χ4n) is 1.58. The van der Waals surface area contributed by atoms with E-state index in [0.717, 1.165) is 0 Å². The van der Waals surface area contributed by atoms with Crippen LogP contribution in [-0.4, -0.2) is 28.2 Å². The Kier molecular flexibility index (Phi) is 3.99. The fraction of sp³-hybridized carbons (Fsp3) is 0.154. The van der Waals surface area contributed by atoms with Crippen molar-refractivity contribution in [3.05, 3.63) is 42.0 Å². The number of aromatic nitrogens is 2. The number of carboxylic acids is 1. The SMILES string of the molecule is COc1cc(N)c(C(=O)O)cc1OCc1ncccn1. The summed E-state index contributed by atoms with van der Waals surface area (Å²) in [5.74, 6) is -0.0378. The number of methoxy groups -OCH3 is 1. The van der Waals surface area contributed by atoms with Crippen molar-refractivity contribution >= 4 is 11.7 Å². The Morgan fingerprint density at radius 2 is 2.00 bits per heavy atom. The van der Waals surface area contributed by atoms with Gasteiger partial charge in [-0.2, -0.15) is 0 Å². The number of benzene rings is 1. The largest absolute Gasteiger partial charge is 0.493 e. The highest BCUT2D eigenvalue weighted by atomic mass is 16.5. The van der Waals surface area contributed by atoms with Gasteiger partial charge >= 0.3 is 5.97 Å². The molecule has 0 bridgehead atoms. The second kappa shape index (κ2) is 5.87. The van der Waals surface area contributed by atoms with Crippen LogP contribution in [0.25, 0.3) is 0 Å². The van der Waals surface area contributed by atoms with Crippen LogP contribution in [0.3, 0.4) is 0 Å². The van der Waals surface area contributed by atoms with Gasteiger partial charge in [0.2, 0.25) is 0 Å². The van der Waals surface area contributed by atoms with Crippen LogP contribution in [0.2, 0.25) is 0 Å². The summed E-state index contributed by atoms with van der Waals surface area (Å²) in [4.78, 5) is 19.1. The van der Waals surface area contributed by atoms with Gasteiger partial charge in [0.25, 0.3) is 0 Å². The molecule has 0 fully saturated rings. The summed E-state index contributed by atoms with van der Waals surface area (Å²) in [6.45, 7) is 0.0974. The minimum Gasteiger partial charge on any atom is -0.493 e. The zero-order valence-corrected chi connectivity index (χ0v) is 10.7. The van der Waals surface area contributed by atoms with E-state index in [-0.39, 0.29) is 23.6 Å². The molecular weight excluding hydrogens is 262 g/mol. The Morgan fingerprint density at radius 1 is 1.30 bits per heavy atom. The number of carboxylic acid groups (broad SMARTS) is 1. The molecule has 0 amide bonds. The van der Waals surface area contributed by atoms with Gasteiger partial charge in [-0.25, -0.2) is 14.8 Å². The molecule has 1 aromatic carbocycles. The molecule has 1 aromatic heterocycles. The lowest BCUT2D eigenvalue weighted by Gasteiger charge is -2.12. The fourth-order valence-corrected chi connectivity index (χ4v) is 1.58. The topological polar surface area (TPSA) is 108 Å². The average Bonchev–Trinajstić information content (AvgIpc) is 2.46. The lowest BCUT2D eigenvalue weighted by atomic mass is 10.1. The Hall–Kier alpha value is -2.83. The molecule has 0 saturated heterocycles. The van der Waals surface area contributed by atoms with Gasteiger partial charge in [-0.1, -0.05) is 0 Å². The molecule has 0 aliphatic carbocycles. The van der Waals surface area contributed by atoms with Crippen molar-refractivity contribution < 1.29 is 19.4 Å². The van der Waals surface area contributed by atoms with Crippen LogP contribution in [0, 0.1) is 0 Å². The predicted molar refractivity (Wildman–Crippen MR) is 70.7 cm³/mol. The first-order valence-electron chi connectivity index (χ1n) is 5.71. The molecule has 104 valence electrons. The zero-order chi connectivity index (χ0) is 14.5. The van der Waals surface area contributed by atoms with E-state index in [2.05, 4.69) is 9.97 Å². The maximum Gasteiger partial charge on any atom is 0.337 e. The lowest BCUT2D eigenvalue weighted by molar-refractivity contribution is 0.0697. The van der Waals surface area contributed by atoms with E-state index in [1.54, 1.807) is 18.5 Å². The standard InChI is InChI=1S/C13H13N3O4/c1-19-10-6-9(14)8(13(17)18)5-11(10)20-7-12-15-3-2-4-16-12/h2-6H,7,14H2,1H3,(H,17,18). The van der Waals surface area contributed by atoms with E-state index in [1.165, 1.54) is 19.2 Å². The minimum atomic E-state index is -1.13. The molecule has 0 aliphatic heterocycles. The first kappa shape index (κ1) is 13.6. The molecule has 2 rings (SSSR count). The number of rotatable bonds is 5. The smallest absolute Gasteiger partial charge is 0.337 e. The van der Waals surface area contributed by atoms with Gasteiger partial charge in [-0.05, 0) is 6.07 Å². The van der Waals surface area contributed by atoms with Crippen LogP contribution in [0.5, 0.6) is 11.5 Å². The molecule has 1 heterocycles. The normalized spacial score (nSPS) is 10.1. The molecule has 7 nitrogen and oxygen atoms in total. The summed E-state index contributed by atoms with van der Waals surface area (Å²) in [7, 11) is 1.45. The third kappa shape index (κ3) is 2.94. The first-order chi connectivity index (χ1) is 9.61. The van der Waals surface area contributed by atoms with Crippen molar-refractivity contribution in [2.24, 2.45) is 0 Å². The summed E-state index contributed by atoms with van der Waals surface area (Å²) in [6.07, 6.45) is 3.18. The van der Waals surface area contributed by atoms with Crippen LogP contribution < -0.4 is 15.2 Å². The molecule has 0 spiro atoms. The Bertz CT molecular complexity index is 617. The minimum absolute atomic E-state index is 0.0465. The van der Waals surface area contributed by atoms with Crippen LogP contribution in [0.4, 0.5) is 5.69 Å². The third-order valence-corrected chi connectivity index (χ3v) is 2.54. The van der Waals surface area contributed by atoms with Crippen molar-refractivity contribution in [1.29, 1.82) is 0 Å². The van der Waals surface area contributed by atoms with Crippen LogP contribution in [0.1, 0.15) is 16.2 Å². The van der Waals surface area contributed by atoms with E-state index in [1.807, 2.05) is 0 Å². The average molecular weight is 275 g/mol. The van der Waals surface area contributed by atoms with Gasteiger partial charge in [0, 0.05) is 24.5 Å². The molecule has 3 N–H and O–H groups in total. The molecule has 2 aromatic rings. The van der Waals surface area contributed by atoms with Crippen molar-refractivity contribution in [3.63, 3.8) is 0 Å². The van der Waals surface area contributed by atoms with Crippen molar-refractivity contribution in [1.82, 2.24) is 9.97 Å². The van der Waals surface area contributed by atoms with Crippen molar-refractivity contribution in [3.8, 4) is 11.5 Å². The van der Waals surface area contributed by atoms with E-state index < -0.39 is 5.97 Å². The summed E-state index contributed by atoms with van der Waals surface area (Å²) < 4.78 is 10.6. The molecule has 0 unspecified atom stereocenters. The predicted octanol–water partition coefficient (Wildman–Crippen LogP) is 1.34. The molecule has 7 heteroatoms. The Labute approximate surface area is 115 Å². The quantitative estimate of drug-likeness (QED) is 0.793. The van der Waals surface area contributed by atoms with Crippen LogP contribution in [0.15, 0.2) is 30.6 Å². The summed E-state index contributed by atoms with van der Waals surface area (Å²) in [5, 5.41) is 9.04. The number of hydrogen-bond acceptors (Lipinski definition) is 6. The molecule has 20 heavy (non-hydrogen) atoms.